The van der Waals surface area contributed by atoms with Crippen LogP contribution in [0.25, 0.3) is 0 Å². The van der Waals surface area contributed by atoms with E-state index in [2.05, 4.69) is 57.4 Å². The summed E-state index contributed by atoms with van der Waals surface area (Å²) in [7, 11) is 0. The molecule has 100 valence electrons. The fraction of sp³-hybridized carbons (Fsp3) is 0.688. The summed E-state index contributed by atoms with van der Waals surface area (Å²) in [5, 5.41) is 0. The first kappa shape index (κ1) is 14.3. The zero-order valence-electron chi connectivity index (χ0n) is 12.6. The molecule has 0 fully saturated rings. The van der Waals surface area contributed by atoms with Gasteiger partial charge in [0.25, 0.3) is 0 Å². The molecule has 0 amide bonds. The maximum absolute atomic E-state index is 5.77. The number of allylic oxidation sites excluding steroid dienone is 3. The van der Waals surface area contributed by atoms with Crippen LogP contribution in [0.1, 0.15) is 48.5 Å². The molecule has 0 aliphatic heterocycles. The second-order valence-electron chi connectivity index (χ2n) is 6.10. The third-order valence-electron chi connectivity index (χ3n) is 6.01. The summed E-state index contributed by atoms with van der Waals surface area (Å²) in [5.41, 5.74) is 6.33. The number of hydrogen-bond donors (Lipinski definition) is 0. The topological polar surface area (TPSA) is 9.23 Å². The first-order chi connectivity index (χ1) is 8.23. The Balaban J connectivity index is 2.62. The van der Waals surface area contributed by atoms with E-state index in [9.17, 15) is 0 Å². The third kappa shape index (κ3) is 1.35. The average molecular weight is 284 g/mol. The van der Waals surface area contributed by atoms with Gasteiger partial charge in [0.2, 0.25) is 0 Å². The second-order valence-corrected chi connectivity index (χ2v) is 6.68. The van der Waals surface area contributed by atoms with E-state index in [1.807, 2.05) is 6.92 Å². The van der Waals surface area contributed by atoms with Crippen LogP contribution >= 0.6 is 0 Å². The van der Waals surface area contributed by atoms with Crippen LogP contribution in [-0.4, -0.2) is 11.2 Å². The van der Waals surface area contributed by atoms with Crippen LogP contribution in [0.3, 0.4) is 0 Å². The summed E-state index contributed by atoms with van der Waals surface area (Å²) in [6, 6.07) is 0. The van der Waals surface area contributed by atoms with E-state index in [1.54, 1.807) is 5.57 Å². The van der Waals surface area contributed by atoms with Crippen LogP contribution in [0.4, 0.5) is 0 Å². The molecule has 0 radical (unpaired) electrons. The number of rotatable bonds is 3. The SMILES string of the molecule is CCO[C](=[Cr])C1=C(C)C2(C)C(C)=C(C)C1(C)C2C. The van der Waals surface area contributed by atoms with E-state index in [4.69, 9.17) is 4.74 Å². The molecule has 0 N–H and O–H groups in total. The quantitative estimate of drug-likeness (QED) is 0.711. The Hall–Kier alpha value is -0.158. The molecule has 2 bridgehead atoms. The molecule has 18 heavy (non-hydrogen) atoms. The van der Waals surface area contributed by atoms with Crippen molar-refractivity contribution in [2.24, 2.45) is 16.7 Å². The Labute approximate surface area is 119 Å². The fourth-order valence-electron chi connectivity index (χ4n) is 4.23. The van der Waals surface area contributed by atoms with Gasteiger partial charge in [0.1, 0.15) is 0 Å². The van der Waals surface area contributed by atoms with E-state index in [-0.39, 0.29) is 10.8 Å². The molecule has 3 atom stereocenters. The van der Waals surface area contributed by atoms with Crippen LogP contribution in [0.15, 0.2) is 22.3 Å². The summed E-state index contributed by atoms with van der Waals surface area (Å²) in [6.07, 6.45) is 0. The summed E-state index contributed by atoms with van der Waals surface area (Å²) in [5.74, 6) is 0.615. The standard InChI is InChI=1S/C16H24O.Cr/c1-8-17-9-14-12(4)15(6)10(2)11(3)16(14,7)13(15)5;/h13H,8H2,1-7H3;. The maximum atomic E-state index is 5.77. The average Bonchev–Trinajstić information content (AvgIpc) is 2.55. The summed E-state index contributed by atoms with van der Waals surface area (Å²) < 4.78 is 6.77. The molecule has 0 aromatic carbocycles. The van der Waals surface area contributed by atoms with Gasteiger partial charge in [-0.05, 0) is 0 Å². The first-order valence-electron chi connectivity index (χ1n) is 6.81. The van der Waals surface area contributed by atoms with Crippen molar-refractivity contribution in [1.82, 2.24) is 0 Å². The Morgan fingerprint density at radius 3 is 2.06 bits per heavy atom. The van der Waals surface area contributed by atoms with Crippen molar-refractivity contribution < 1.29 is 20.6 Å². The van der Waals surface area contributed by atoms with Crippen LogP contribution in [0.5, 0.6) is 0 Å². The zero-order valence-corrected chi connectivity index (χ0v) is 13.9. The van der Waals surface area contributed by atoms with Gasteiger partial charge < -0.3 is 0 Å². The second kappa shape index (κ2) is 4.17. The normalized spacial score (nSPS) is 38.9. The van der Waals surface area contributed by atoms with Gasteiger partial charge in [-0.1, -0.05) is 0 Å². The zero-order chi connectivity index (χ0) is 13.9. The van der Waals surface area contributed by atoms with Gasteiger partial charge in [-0.25, -0.2) is 0 Å². The molecular weight excluding hydrogens is 260 g/mol. The predicted molar refractivity (Wildman–Crippen MR) is 73.1 cm³/mol. The van der Waals surface area contributed by atoms with Crippen molar-refractivity contribution in [3.05, 3.63) is 22.3 Å². The van der Waals surface area contributed by atoms with Crippen molar-refractivity contribution in [3.63, 3.8) is 0 Å². The Morgan fingerprint density at radius 1 is 1.11 bits per heavy atom. The molecule has 3 unspecified atom stereocenters. The molecule has 0 saturated heterocycles. The summed E-state index contributed by atoms with van der Waals surface area (Å²) >= 11 is 3.15. The van der Waals surface area contributed by atoms with E-state index < -0.39 is 0 Å². The van der Waals surface area contributed by atoms with Crippen LogP contribution < -0.4 is 0 Å². The summed E-state index contributed by atoms with van der Waals surface area (Å²) in [4.78, 5) is 0. The van der Waals surface area contributed by atoms with Gasteiger partial charge in [-0.15, -0.1) is 0 Å². The predicted octanol–water partition coefficient (Wildman–Crippen LogP) is 4.03. The van der Waals surface area contributed by atoms with Crippen molar-refractivity contribution in [3.8, 4) is 0 Å². The van der Waals surface area contributed by atoms with Crippen molar-refractivity contribution >= 4 is 4.57 Å². The third-order valence-corrected chi connectivity index (χ3v) is 6.51. The van der Waals surface area contributed by atoms with Gasteiger partial charge in [-0.3, -0.25) is 0 Å². The van der Waals surface area contributed by atoms with Gasteiger partial charge >= 0.3 is 119 Å². The monoisotopic (exact) mass is 284 g/mol. The van der Waals surface area contributed by atoms with Crippen LogP contribution in [0, 0.1) is 16.7 Å². The number of ether oxygens (including phenoxy) is 1. The molecule has 2 rings (SSSR count). The molecule has 0 saturated carbocycles. The van der Waals surface area contributed by atoms with E-state index in [0.717, 1.165) is 11.2 Å². The van der Waals surface area contributed by atoms with Gasteiger partial charge in [-0.2, -0.15) is 0 Å². The molecule has 0 aromatic rings. The molecule has 0 aromatic heterocycles. The molecule has 2 aliphatic rings. The Bertz CT molecular complexity index is 485. The van der Waals surface area contributed by atoms with Crippen molar-refractivity contribution in [2.75, 3.05) is 6.61 Å². The molecule has 2 heteroatoms. The number of fused-ring (bicyclic) bond motifs is 2. The molecule has 1 nitrogen and oxygen atoms in total. The van der Waals surface area contributed by atoms with Crippen LogP contribution in [0.2, 0.25) is 0 Å². The molecule has 0 heterocycles. The minimum atomic E-state index is 0.138. The van der Waals surface area contributed by atoms with Crippen molar-refractivity contribution in [1.29, 1.82) is 0 Å². The van der Waals surface area contributed by atoms with Crippen LogP contribution in [-0.2, 0) is 20.6 Å². The Kier molecular flexibility index (Phi) is 3.30. The van der Waals surface area contributed by atoms with Gasteiger partial charge in [0, 0.05) is 0 Å². The van der Waals surface area contributed by atoms with Gasteiger partial charge in [0.05, 0.1) is 0 Å². The fourth-order valence-corrected chi connectivity index (χ4v) is 4.99. The van der Waals surface area contributed by atoms with E-state index in [0.29, 0.717) is 5.92 Å². The molecule has 0 spiro atoms. The van der Waals surface area contributed by atoms with E-state index in [1.165, 1.54) is 16.7 Å². The van der Waals surface area contributed by atoms with Crippen molar-refractivity contribution in [2.45, 2.75) is 48.5 Å². The first-order valence-corrected chi connectivity index (χ1v) is 7.45. The minimum absolute atomic E-state index is 0.138. The summed E-state index contributed by atoms with van der Waals surface area (Å²) in [6.45, 7) is 16.8. The van der Waals surface area contributed by atoms with E-state index >= 15 is 0 Å². The molecule has 2 aliphatic carbocycles. The van der Waals surface area contributed by atoms with Gasteiger partial charge in [0.15, 0.2) is 0 Å². The molecular formula is C16H24CrO. The number of hydrogen-bond acceptors (Lipinski definition) is 1. The Morgan fingerprint density at radius 2 is 1.61 bits per heavy atom.